The monoisotopic (exact) mass is 462 g/mol. The van der Waals surface area contributed by atoms with Crippen LogP contribution in [0.5, 0.6) is 5.75 Å². The van der Waals surface area contributed by atoms with Crippen molar-refractivity contribution in [2.75, 3.05) is 38.2 Å². The van der Waals surface area contributed by atoms with Gasteiger partial charge in [-0.15, -0.1) is 10.2 Å². The molecule has 0 spiro atoms. The fourth-order valence-corrected chi connectivity index (χ4v) is 5.05. The highest BCUT2D eigenvalue weighted by atomic mass is 35.5. The van der Waals surface area contributed by atoms with E-state index < -0.39 is 15.8 Å². The minimum Gasteiger partial charge on any atom is -0.497 e. The Labute approximate surface area is 185 Å². The quantitative estimate of drug-likeness (QED) is 0.578. The Balaban J connectivity index is 1.42. The van der Waals surface area contributed by atoms with E-state index >= 15 is 0 Å². The number of hydrogen-bond donors (Lipinski definition) is 0. The van der Waals surface area contributed by atoms with Crippen molar-refractivity contribution in [1.82, 2.24) is 14.5 Å². The van der Waals surface area contributed by atoms with Crippen LogP contribution < -0.4 is 9.64 Å². The molecule has 2 heterocycles. The van der Waals surface area contributed by atoms with Crippen LogP contribution in [0.1, 0.15) is 0 Å². The van der Waals surface area contributed by atoms with Gasteiger partial charge in [-0.05, 0) is 54.6 Å². The van der Waals surface area contributed by atoms with Gasteiger partial charge >= 0.3 is 0 Å². The zero-order valence-corrected chi connectivity index (χ0v) is 18.3. The second-order valence-electron chi connectivity index (χ2n) is 6.97. The average molecular weight is 463 g/mol. The summed E-state index contributed by atoms with van der Waals surface area (Å²) in [5.41, 5.74) is 1.66. The smallest absolute Gasteiger partial charge is 0.243 e. The second-order valence-corrected chi connectivity index (χ2v) is 9.32. The van der Waals surface area contributed by atoms with Gasteiger partial charge in [-0.2, -0.15) is 4.31 Å². The van der Waals surface area contributed by atoms with Crippen LogP contribution in [0.2, 0.25) is 5.02 Å². The van der Waals surface area contributed by atoms with E-state index in [4.69, 9.17) is 16.3 Å². The van der Waals surface area contributed by atoms with Gasteiger partial charge in [0.25, 0.3) is 0 Å². The van der Waals surface area contributed by atoms with Crippen LogP contribution in [-0.2, 0) is 10.0 Å². The summed E-state index contributed by atoms with van der Waals surface area (Å²) >= 11 is 5.75. The number of nitrogens with zero attached hydrogens (tertiary/aromatic N) is 4. The van der Waals surface area contributed by atoms with Crippen molar-refractivity contribution in [3.05, 3.63) is 65.4 Å². The Morgan fingerprint density at radius 3 is 2.26 bits per heavy atom. The SMILES string of the molecule is COc1ccc(-c2ccc(N3CCN(S(=O)(=O)c4ccc(F)c(Cl)c4)CC3)nn2)cc1. The topological polar surface area (TPSA) is 75.6 Å². The maximum Gasteiger partial charge on any atom is 0.243 e. The second kappa shape index (κ2) is 8.78. The molecule has 31 heavy (non-hydrogen) atoms. The Hall–Kier alpha value is -2.75. The Morgan fingerprint density at radius 1 is 0.968 bits per heavy atom. The standard InChI is InChI=1S/C21H20ClFN4O3S/c1-30-16-4-2-15(3-5-16)20-8-9-21(25-24-20)26-10-12-27(13-11-26)31(28,29)17-6-7-19(23)18(22)14-17/h2-9,14H,10-13H2,1H3. The molecule has 1 aliphatic heterocycles. The molecule has 0 amide bonds. The predicted octanol–water partition coefficient (Wildman–Crippen LogP) is 3.46. The zero-order chi connectivity index (χ0) is 22.0. The lowest BCUT2D eigenvalue weighted by Gasteiger charge is -2.34. The lowest BCUT2D eigenvalue weighted by Crippen LogP contribution is -2.49. The van der Waals surface area contributed by atoms with E-state index in [0.29, 0.717) is 18.9 Å². The number of anilines is 1. The molecule has 0 radical (unpaired) electrons. The van der Waals surface area contributed by atoms with E-state index in [-0.39, 0.29) is 23.0 Å². The summed E-state index contributed by atoms with van der Waals surface area (Å²) in [6.07, 6.45) is 0. The van der Waals surface area contributed by atoms with E-state index in [1.807, 2.05) is 41.3 Å². The van der Waals surface area contributed by atoms with Gasteiger partial charge in [-0.3, -0.25) is 0 Å². The molecule has 0 atom stereocenters. The summed E-state index contributed by atoms with van der Waals surface area (Å²) in [4.78, 5) is 1.96. The molecular weight excluding hydrogens is 443 g/mol. The molecule has 0 saturated carbocycles. The summed E-state index contributed by atoms with van der Waals surface area (Å²) < 4.78 is 45.6. The van der Waals surface area contributed by atoms with E-state index in [1.165, 1.54) is 10.4 Å². The van der Waals surface area contributed by atoms with Gasteiger partial charge < -0.3 is 9.64 Å². The molecular formula is C21H20ClFN4O3S. The van der Waals surface area contributed by atoms with Crippen molar-refractivity contribution >= 4 is 27.4 Å². The molecule has 1 fully saturated rings. The molecule has 0 unspecified atom stereocenters. The number of piperazine rings is 1. The highest BCUT2D eigenvalue weighted by Gasteiger charge is 2.29. The fourth-order valence-electron chi connectivity index (χ4n) is 3.35. The maximum absolute atomic E-state index is 13.4. The fraction of sp³-hybridized carbons (Fsp3) is 0.238. The first kappa shape index (κ1) is 21.5. The third kappa shape index (κ3) is 4.48. The van der Waals surface area contributed by atoms with E-state index in [9.17, 15) is 12.8 Å². The number of sulfonamides is 1. The molecule has 2 aromatic carbocycles. The summed E-state index contributed by atoms with van der Waals surface area (Å²) in [5, 5.41) is 8.39. The first-order valence-electron chi connectivity index (χ1n) is 9.57. The highest BCUT2D eigenvalue weighted by Crippen LogP contribution is 2.25. The van der Waals surface area contributed by atoms with Crippen LogP contribution in [0.3, 0.4) is 0 Å². The third-order valence-electron chi connectivity index (χ3n) is 5.13. The van der Waals surface area contributed by atoms with E-state index in [1.54, 1.807) is 7.11 Å². The van der Waals surface area contributed by atoms with Gasteiger partial charge in [-0.1, -0.05) is 11.6 Å². The molecule has 0 bridgehead atoms. The number of benzene rings is 2. The lowest BCUT2D eigenvalue weighted by molar-refractivity contribution is 0.383. The van der Waals surface area contributed by atoms with Crippen molar-refractivity contribution in [2.45, 2.75) is 4.90 Å². The van der Waals surface area contributed by atoms with Crippen molar-refractivity contribution in [2.24, 2.45) is 0 Å². The average Bonchev–Trinajstić information content (AvgIpc) is 2.81. The van der Waals surface area contributed by atoms with Crippen LogP contribution in [-0.4, -0.2) is 56.2 Å². The first-order valence-corrected chi connectivity index (χ1v) is 11.4. The number of ether oxygens (including phenoxy) is 1. The van der Waals surface area contributed by atoms with Crippen molar-refractivity contribution in [3.63, 3.8) is 0 Å². The highest BCUT2D eigenvalue weighted by molar-refractivity contribution is 7.89. The van der Waals surface area contributed by atoms with E-state index in [2.05, 4.69) is 10.2 Å². The van der Waals surface area contributed by atoms with Crippen LogP contribution in [0, 0.1) is 5.82 Å². The number of rotatable bonds is 5. The molecule has 1 aromatic heterocycles. The van der Waals surface area contributed by atoms with Crippen LogP contribution >= 0.6 is 11.6 Å². The van der Waals surface area contributed by atoms with Crippen LogP contribution in [0.15, 0.2) is 59.5 Å². The summed E-state index contributed by atoms with van der Waals surface area (Å²) in [6, 6.07) is 14.7. The minimum absolute atomic E-state index is 0.0176. The Morgan fingerprint density at radius 2 is 1.68 bits per heavy atom. The van der Waals surface area contributed by atoms with Gasteiger partial charge in [0.2, 0.25) is 10.0 Å². The number of halogens is 2. The lowest BCUT2D eigenvalue weighted by atomic mass is 10.1. The number of methoxy groups -OCH3 is 1. The van der Waals surface area contributed by atoms with Gasteiger partial charge in [0.05, 0.1) is 22.7 Å². The molecule has 4 rings (SSSR count). The molecule has 10 heteroatoms. The Kier molecular flexibility index (Phi) is 6.08. The number of hydrogen-bond acceptors (Lipinski definition) is 6. The van der Waals surface area contributed by atoms with Crippen molar-refractivity contribution in [3.8, 4) is 17.0 Å². The number of aromatic nitrogens is 2. The van der Waals surface area contributed by atoms with E-state index in [0.717, 1.165) is 29.1 Å². The summed E-state index contributed by atoms with van der Waals surface area (Å²) in [6.45, 7) is 1.48. The summed E-state index contributed by atoms with van der Waals surface area (Å²) in [7, 11) is -2.13. The molecule has 1 aliphatic rings. The Bertz CT molecular complexity index is 1170. The van der Waals surface area contributed by atoms with Gasteiger partial charge in [-0.25, -0.2) is 12.8 Å². The predicted molar refractivity (Wildman–Crippen MR) is 116 cm³/mol. The normalized spacial score (nSPS) is 15.1. The summed E-state index contributed by atoms with van der Waals surface area (Å²) in [5.74, 6) is 0.797. The maximum atomic E-state index is 13.4. The largest absolute Gasteiger partial charge is 0.497 e. The van der Waals surface area contributed by atoms with Crippen molar-refractivity contribution < 1.29 is 17.5 Å². The van der Waals surface area contributed by atoms with Gasteiger partial charge in [0.15, 0.2) is 5.82 Å². The van der Waals surface area contributed by atoms with Crippen LogP contribution in [0.25, 0.3) is 11.3 Å². The van der Waals surface area contributed by atoms with Crippen LogP contribution in [0.4, 0.5) is 10.2 Å². The first-order chi connectivity index (χ1) is 14.9. The molecule has 0 aliphatic carbocycles. The van der Waals surface area contributed by atoms with Crippen molar-refractivity contribution in [1.29, 1.82) is 0 Å². The zero-order valence-electron chi connectivity index (χ0n) is 16.7. The molecule has 3 aromatic rings. The molecule has 7 nitrogen and oxygen atoms in total. The van der Waals surface area contributed by atoms with Gasteiger partial charge in [0, 0.05) is 31.7 Å². The molecule has 1 saturated heterocycles. The third-order valence-corrected chi connectivity index (χ3v) is 7.31. The van der Waals surface area contributed by atoms with Gasteiger partial charge in [0.1, 0.15) is 11.6 Å². The molecule has 162 valence electrons. The molecule has 0 N–H and O–H groups in total. The minimum atomic E-state index is -3.75.